The highest BCUT2D eigenvalue weighted by Crippen LogP contribution is 2.44. The van der Waals surface area contributed by atoms with Crippen molar-refractivity contribution in [2.45, 2.75) is 38.0 Å². The van der Waals surface area contributed by atoms with E-state index in [9.17, 15) is 20.2 Å². The van der Waals surface area contributed by atoms with Gasteiger partial charge in [-0.2, -0.15) is 5.26 Å². The van der Waals surface area contributed by atoms with E-state index in [1.54, 1.807) is 24.3 Å². The standard InChI is InChI=1S/C16H18N2O3/c17-12-16(10-6-2-5-9-15(16)19)14(11-18(20)21)13-7-3-1-4-8-13/h1,3-4,7-8,14H,2,5-6,9-11H2/t14-,16-/m0/s1. The maximum Gasteiger partial charge on any atom is 0.212 e. The van der Waals surface area contributed by atoms with E-state index in [1.165, 1.54) is 0 Å². The van der Waals surface area contributed by atoms with Gasteiger partial charge >= 0.3 is 0 Å². The molecule has 1 fully saturated rings. The summed E-state index contributed by atoms with van der Waals surface area (Å²) < 4.78 is 0. The molecule has 0 N–H and O–H groups in total. The second kappa shape index (κ2) is 6.49. The van der Waals surface area contributed by atoms with Crippen LogP contribution in [0, 0.1) is 26.9 Å². The Labute approximate surface area is 123 Å². The van der Waals surface area contributed by atoms with Gasteiger partial charge in [-0.15, -0.1) is 0 Å². The van der Waals surface area contributed by atoms with Crippen LogP contribution in [0.2, 0.25) is 0 Å². The first kappa shape index (κ1) is 15.2. The first-order valence-corrected chi connectivity index (χ1v) is 7.21. The fourth-order valence-corrected chi connectivity index (χ4v) is 3.17. The highest BCUT2D eigenvalue weighted by atomic mass is 16.6. The van der Waals surface area contributed by atoms with Crippen molar-refractivity contribution >= 4 is 5.78 Å². The number of rotatable bonds is 4. The van der Waals surface area contributed by atoms with Crippen molar-refractivity contribution < 1.29 is 9.72 Å². The number of benzene rings is 1. The zero-order valence-corrected chi connectivity index (χ0v) is 11.8. The van der Waals surface area contributed by atoms with Gasteiger partial charge in [0, 0.05) is 11.3 Å². The molecule has 1 aromatic rings. The summed E-state index contributed by atoms with van der Waals surface area (Å²) in [5.41, 5.74) is -0.559. The largest absolute Gasteiger partial charge is 0.298 e. The summed E-state index contributed by atoms with van der Waals surface area (Å²) in [5, 5.41) is 20.7. The molecule has 1 aliphatic carbocycles. The topological polar surface area (TPSA) is 84.0 Å². The number of nitro groups is 1. The summed E-state index contributed by atoms with van der Waals surface area (Å²) in [5.74, 6) is -0.817. The monoisotopic (exact) mass is 286 g/mol. The zero-order chi connectivity index (χ0) is 15.3. The van der Waals surface area contributed by atoms with Gasteiger partial charge in [-0.05, 0) is 18.4 Å². The Morgan fingerprint density at radius 3 is 2.62 bits per heavy atom. The third-order valence-corrected chi connectivity index (χ3v) is 4.30. The molecule has 0 amide bonds. The average Bonchev–Trinajstić information content (AvgIpc) is 2.68. The van der Waals surface area contributed by atoms with E-state index < -0.39 is 16.3 Å². The van der Waals surface area contributed by atoms with Gasteiger partial charge in [0.05, 0.1) is 12.0 Å². The molecule has 0 bridgehead atoms. The summed E-state index contributed by atoms with van der Waals surface area (Å²) in [6.45, 7) is -0.386. The van der Waals surface area contributed by atoms with Gasteiger partial charge < -0.3 is 0 Å². The summed E-state index contributed by atoms with van der Waals surface area (Å²) in [7, 11) is 0. The number of hydrogen-bond donors (Lipinski definition) is 0. The second-order valence-corrected chi connectivity index (χ2v) is 5.55. The summed E-state index contributed by atoms with van der Waals surface area (Å²) in [4.78, 5) is 23.2. The van der Waals surface area contributed by atoms with Crippen LogP contribution in [0.3, 0.4) is 0 Å². The minimum absolute atomic E-state index is 0.141. The molecule has 0 heterocycles. The normalized spacial score (nSPS) is 23.9. The van der Waals surface area contributed by atoms with Crippen molar-refractivity contribution in [3.63, 3.8) is 0 Å². The van der Waals surface area contributed by atoms with Gasteiger partial charge in [-0.25, -0.2) is 0 Å². The molecule has 0 saturated heterocycles. The molecule has 1 aromatic carbocycles. The Bertz CT molecular complexity index is 565. The molecule has 0 aromatic heterocycles. The predicted molar refractivity (Wildman–Crippen MR) is 77.2 cm³/mol. The minimum Gasteiger partial charge on any atom is -0.298 e. The number of carbonyl (C=O) groups excluding carboxylic acids is 1. The number of nitrogens with zero attached hydrogens (tertiary/aromatic N) is 2. The van der Waals surface area contributed by atoms with Crippen molar-refractivity contribution in [3.05, 3.63) is 46.0 Å². The van der Waals surface area contributed by atoms with E-state index in [1.807, 2.05) is 6.07 Å². The van der Waals surface area contributed by atoms with E-state index in [0.717, 1.165) is 19.3 Å². The highest BCUT2D eigenvalue weighted by molar-refractivity contribution is 5.89. The number of hydrogen-bond acceptors (Lipinski definition) is 4. The van der Waals surface area contributed by atoms with Crippen LogP contribution >= 0.6 is 0 Å². The lowest BCUT2D eigenvalue weighted by Crippen LogP contribution is -2.38. The van der Waals surface area contributed by atoms with E-state index in [4.69, 9.17) is 0 Å². The van der Waals surface area contributed by atoms with Crippen LogP contribution in [0.15, 0.2) is 30.3 Å². The number of ketones is 1. The number of Topliss-reactive ketones (excluding diaryl/α,β-unsaturated/α-hetero) is 1. The molecule has 21 heavy (non-hydrogen) atoms. The Kier molecular flexibility index (Phi) is 4.69. The van der Waals surface area contributed by atoms with Gasteiger partial charge in [0.15, 0.2) is 5.78 Å². The van der Waals surface area contributed by atoms with Crippen LogP contribution in [0.5, 0.6) is 0 Å². The predicted octanol–water partition coefficient (Wildman–Crippen LogP) is 3.09. The third-order valence-electron chi connectivity index (χ3n) is 4.30. The Hall–Kier alpha value is -2.22. The van der Waals surface area contributed by atoms with Crippen LogP contribution in [-0.4, -0.2) is 17.3 Å². The van der Waals surface area contributed by atoms with Crippen molar-refractivity contribution in [1.29, 1.82) is 5.26 Å². The quantitative estimate of drug-likeness (QED) is 0.483. The zero-order valence-electron chi connectivity index (χ0n) is 11.8. The van der Waals surface area contributed by atoms with Crippen molar-refractivity contribution in [2.24, 2.45) is 5.41 Å². The first-order chi connectivity index (χ1) is 10.1. The molecule has 2 atom stereocenters. The molecule has 5 heteroatoms. The Morgan fingerprint density at radius 1 is 1.29 bits per heavy atom. The summed E-state index contributed by atoms with van der Waals surface area (Å²) >= 11 is 0. The van der Waals surface area contributed by atoms with Gasteiger partial charge in [0.1, 0.15) is 5.41 Å². The second-order valence-electron chi connectivity index (χ2n) is 5.55. The van der Waals surface area contributed by atoms with Crippen molar-refractivity contribution in [3.8, 4) is 6.07 Å². The van der Waals surface area contributed by atoms with Gasteiger partial charge in [-0.3, -0.25) is 14.9 Å². The van der Waals surface area contributed by atoms with Gasteiger partial charge in [0.2, 0.25) is 6.54 Å². The molecule has 2 rings (SSSR count). The van der Waals surface area contributed by atoms with Crippen molar-refractivity contribution in [1.82, 2.24) is 0 Å². The Morgan fingerprint density at radius 2 is 2.00 bits per heavy atom. The molecule has 0 radical (unpaired) electrons. The number of nitriles is 1. The lowest BCUT2D eigenvalue weighted by molar-refractivity contribution is -0.485. The third kappa shape index (κ3) is 3.10. The molecule has 5 nitrogen and oxygen atoms in total. The molecule has 110 valence electrons. The van der Waals surface area contributed by atoms with Crippen molar-refractivity contribution in [2.75, 3.05) is 6.54 Å². The van der Waals surface area contributed by atoms with E-state index >= 15 is 0 Å². The number of carbonyl (C=O) groups is 1. The smallest absolute Gasteiger partial charge is 0.212 e. The van der Waals surface area contributed by atoms with Crippen LogP contribution in [0.4, 0.5) is 0 Å². The average molecular weight is 286 g/mol. The summed E-state index contributed by atoms with van der Waals surface area (Å²) in [6, 6.07) is 11.1. The SMILES string of the molecule is N#C[C@]1([C@@H](C[N+](=O)[O-])c2ccccc2)CCCCCC1=O. The van der Waals surface area contributed by atoms with Gasteiger partial charge in [0.25, 0.3) is 0 Å². The molecule has 0 aliphatic heterocycles. The van der Waals surface area contributed by atoms with Gasteiger partial charge in [-0.1, -0.05) is 43.2 Å². The maximum absolute atomic E-state index is 12.5. The first-order valence-electron chi connectivity index (χ1n) is 7.21. The van der Waals surface area contributed by atoms with Crippen LogP contribution < -0.4 is 0 Å². The molecule has 1 saturated carbocycles. The lowest BCUT2D eigenvalue weighted by Gasteiger charge is -2.30. The van der Waals surface area contributed by atoms with E-state index in [-0.39, 0.29) is 12.3 Å². The van der Waals surface area contributed by atoms with Crippen LogP contribution in [-0.2, 0) is 4.79 Å². The lowest BCUT2D eigenvalue weighted by atomic mass is 9.67. The Balaban J connectivity index is 2.48. The van der Waals surface area contributed by atoms with E-state index in [0.29, 0.717) is 18.4 Å². The molecular weight excluding hydrogens is 268 g/mol. The van der Waals surface area contributed by atoms with Crippen LogP contribution in [0.1, 0.15) is 43.6 Å². The fourth-order valence-electron chi connectivity index (χ4n) is 3.17. The highest BCUT2D eigenvalue weighted by Gasteiger charge is 2.48. The summed E-state index contributed by atoms with van der Waals surface area (Å²) in [6.07, 6.45) is 3.18. The molecule has 0 unspecified atom stereocenters. The molecule has 0 spiro atoms. The molecule has 1 aliphatic rings. The van der Waals surface area contributed by atoms with Crippen LogP contribution in [0.25, 0.3) is 0 Å². The van der Waals surface area contributed by atoms with E-state index in [2.05, 4.69) is 6.07 Å². The maximum atomic E-state index is 12.5. The minimum atomic E-state index is -1.26. The fraction of sp³-hybridized carbons (Fsp3) is 0.500. The molecular formula is C16H18N2O3.